The summed E-state index contributed by atoms with van der Waals surface area (Å²) in [5.74, 6) is 0.523. The first kappa shape index (κ1) is 9.88. The number of rotatable bonds is 4. The van der Waals surface area contributed by atoms with Crippen LogP contribution in [0.15, 0.2) is 6.07 Å². The average Bonchev–Trinajstić information content (AvgIpc) is 2.14. The molecular formula is C8H14N4O. The summed E-state index contributed by atoms with van der Waals surface area (Å²) in [7, 11) is 0. The number of aliphatic hydroxyl groups is 1. The first-order valence-electron chi connectivity index (χ1n) is 4.15. The van der Waals surface area contributed by atoms with Gasteiger partial charge in [0, 0.05) is 18.8 Å². The van der Waals surface area contributed by atoms with Gasteiger partial charge in [0.15, 0.2) is 0 Å². The Morgan fingerprint density at radius 1 is 1.54 bits per heavy atom. The van der Waals surface area contributed by atoms with Gasteiger partial charge in [-0.1, -0.05) is 0 Å². The van der Waals surface area contributed by atoms with E-state index >= 15 is 0 Å². The molecule has 0 aliphatic heterocycles. The molecule has 1 heterocycles. The first-order valence-corrected chi connectivity index (χ1v) is 4.15. The number of aromatic nitrogens is 2. The van der Waals surface area contributed by atoms with Gasteiger partial charge in [-0.2, -0.15) is 0 Å². The van der Waals surface area contributed by atoms with Crippen molar-refractivity contribution in [2.24, 2.45) is 5.73 Å². The minimum atomic E-state index is 0.0647. The van der Waals surface area contributed by atoms with Crippen molar-refractivity contribution < 1.29 is 5.11 Å². The van der Waals surface area contributed by atoms with Crippen LogP contribution in [0.4, 0.5) is 5.95 Å². The Morgan fingerprint density at radius 2 is 2.31 bits per heavy atom. The van der Waals surface area contributed by atoms with Crippen LogP contribution in [0, 0.1) is 6.92 Å². The smallest absolute Gasteiger partial charge is 0.223 e. The molecule has 0 spiro atoms. The molecule has 0 amide bonds. The zero-order valence-corrected chi connectivity index (χ0v) is 7.62. The molecule has 0 aromatic carbocycles. The predicted molar refractivity (Wildman–Crippen MR) is 50.2 cm³/mol. The molecule has 1 aromatic rings. The standard InChI is InChI=1S/C8H14N4O/c1-6-4-7(5-9)12-8(11-6)10-2-3-13/h4,13H,2-3,5,9H2,1H3,(H,10,11,12). The molecule has 72 valence electrons. The molecule has 13 heavy (non-hydrogen) atoms. The quantitative estimate of drug-likeness (QED) is 0.592. The van der Waals surface area contributed by atoms with Crippen LogP contribution in [-0.4, -0.2) is 28.2 Å². The van der Waals surface area contributed by atoms with Gasteiger partial charge in [-0.3, -0.25) is 0 Å². The Balaban J connectivity index is 2.76. The van der Waals surface area contributed by atoms with Crippen molar-refractivity contribution >= 4 is 5.95 Å². The van der Waals surface area contributed by atoms with E-state index in [0.717, 1.165) is 11.4 Å². The van der Waals surface area contributed by atoms with Crippen LogP contribution in [0.25, 0.3) is 0 Å². The highest BCUT2D eigenvalue weighted by Gasteiger charge is 1.99. The van der Waals surface area contributed by atoms with Crippen LogP contribution in [-0.2, 0) is 6.54 Å². The van der Waals surface area contributed by atoms with Crippen LogP contribution < -0.4 is 11.1 Å². The lowest BCUT2D eigenvalue weighted by atomic mass is 10.3. The number of anilines is 1. The Morgan fingerprint density at radius 3 is 2.92 bits per heavy atom. The Kier molecular flexibility index (Phi) is 3.60. The molecule has 0 unspecified atom stereocenters. The fraction of sp³-hybridized carbons (Fsp3) is 0.500. The van der Waals surface area contributed by atoms with Crippen LogP contribution in [0.5, 0.6) is 0 Å². The van der Waals surface area contributed by atoms with E-state index in [1.807, 2.05) is 13.0 Å². The lowest BCUT2D eigenvalue weighted by Gasteiger charge is -2.05. The summed E-state index contributed by atoms with van der Waals surface area (Å²) in [6.45, 7) is 2.80. The molecule has 5 heteroatoms. The lowest BCUT2D eigenvalue weighted by molar-refractivity contribution is 0.310. The van der Waals surface area contributed by atoms with E-state index in [0.29, 0.717) is 19.0 Å². The monoisotopic (exact) mass is 182 g/mol. The van der Waals surface area contributed by atoms with Crippen molar-refractivity contribution in [2.45, 2.75) is 13.5 Å². The third-order valence-corrected chi connectivity index (χ3v) is 1.51. The van der Waals surface area contributed by atoms with Gasteiger partial charge in [-0.15, -0.1) is 0 Å². The molecule has 0 radical (unpaired) electrons. The predicted octanol–water partition coefficient (Wildman–Crippen LogP) is -0.352. The molecule has 1 rings (SSSR count). The summed E-state index contributed by atoms with van der Waals surface area (Å²) >= 11 is 0. The number of aliphatic hydroxyl groups excluding tert-OH is 1. The van der Waals surface area contributed by atoms with Crippen molar-refractivity contribution in [3.8, 4) is 0 Å². The summed E-state index contributed by atoms with van der Waals surface area (Å²) in [5.41, 5.74) is 7.12. The molecule has 0 saturated carbocycles. The highest BCUT2D eigenvalue weighted by atomic mass is 16.3. The maximum absolute atomic E-state index is 8.58. The van der Waals surface area contributed by atoms with Crippen LogP contribution in [0.1, 0.15) is 11.4 Å². The number of hydrogen-bond acceptors (Lipinski definition) is 5. The van der Waals surface area contributed by atoms with Gasteiger partial charge in [0.1, 0.15) is 0 Å². The van der Waals surface area contributed by atoms with E-state index in [4.69, 9.17) is 10.8 Å². The van der Waals surface area contributed by atoms with Crippen LogP contribution in [0.3, 0.4) is 0 Å². The van der Waals surface area contributed by atoms with Crippen LogP contribution in [0.2, 0.25) is 0 Å². The van der Waals surface area contributed by atoms with E-state index in [2.05, 4.69) is 15.3 Å². The maximum Gasteiger partial charge on any atom is 0.223 e. The number of nitrogens with zero attached hydrogens (tertiary/aromatic N) is 2. The minimum Gasteiger partial charge on any atom is -0.395 e. The summed E-state index contributed by atoms with van der Waals surface area (Å²) in [6.07, 6.45) is 0. The minimum absolute atomic E-state index is 0.0647. The zero-order valence-electron chi connectivity index (χ0n) is 7.62. The third-order valence-electron chi connectivity index (χ3n) is 1.51. The normalized spacial score (nSPS) is 10.1. The molecule has 4 N–H and O–H groups in total. The zero-order chi connectivity index (χ0) is 9.68. The molecule has 0 atom stereocenters. The lowest BCUT2D eigenvalue weighted by Crippen LogP contribution is -2.11. The fourth-order valence-corrected chi connectivity index (χ4v) is 0.985. The number of nitrogens with one attached hydrogen (secondary N) is 1. The summed E-state index contributed by atoms with van der Waals surface area (Å²) in [4.78, 5) is 8.26. The highest BCUT2D eigenvalue weighted by molar-refractivity contribution is 5.27. The largest absolute Gasteiger partial charge is 0.395 e. The van der Waals surface area contributed by atoms with E-state index < -0.39 is 0 Å². The Bertz CT molecular complexity index is 277. The fourth-order valence-electron chi connectivity index (χ4n) is 0.985. The van der Waals surface area contributed by atoms with Gasteiger partial charge in [-0.05, 0) is 13.0 Å². The van der Waals surface area contributed by atoms with Gasteiger partial charge in [0.05, 0.1) is 12.3 Å². The Hall–Kier alpha value is -1.20. The van der Waals surface area contributed by atoms with Crippen molar-refractivity contribution in [1.82, 2.24) is 9.97 Å². The van der Waals surface area contributed by atoms with Crippen molar-refractivity contribution in [3.63, 3.8) is 0 Å². The molecule has 5 nitrogen and oxygen atoms in total. The van der Waals surface area contributed by atoms with Gasteiger partial charge >= 0.3 is 0 Å². The number of hydrogen-bond donors (Lipinski definition) is 3. The average molecular weight is 182 g/mol. The van der Waals surface area contributed by atoms with Gasteiger partial charge in [-0.25, -0.2) is 9.97 Å². The second-order valence-electron chi connectivity index (χ2n) is 2.68. The third kappa shape index (κ3) is 2.96. The highest BCUT2D eigenvalue weighted by Crippen LogP contribution is 2.03. The van der Waals surface area contributed by atoms with E-state index in [-0.39, 0.29) is 6.61 Å². The Labute approximate surface area is 77.0 Å². The molecule has 0 saturated heterocycles. The summed E-state index contributed by atoms with van der Waals surface area (Å²) < 4.78 is 0. The molecule has 0 aliphatic rings. The number of aryl methyl sites for hydroxylation is 1. The van der Waals surface area contributed by atoms with Gasteiger partial charge in [0.25, 0.3) is 0 Å². The second kappa shape index (κ2) is 4.74. The van der Waals surface area contributed by atoms with Crippen molar-refractivity contribution in [2.75, 3.05) is 18.5 Å². The van der Waals surface area contributed by atoms with E-state index in [9.17, 15) is 0 Å². The molecule has 0 bridgehead atoms. The van der Waals surface area contributed by atoms with E-state index in [1.165, 1.54) is 0 Å². The SMILES string of the molecule is Cc1cc(CN)nc(NCCO)n1. The van der Waals surface area contributed by atoms with Gasteiger partial charge < -0.3 is 16.2 Å². The maximum atomic E-state index is 8.58. The summed E-state index contributed by atoms with van der Waals surface area (Å²) in [6, 6.07) is 1.84. The molecule has 1 aromatic heterocycles. The topological polar surface area (TPSA) is 84.1 Å². The molecular weight excluding hydrogens is 168 g/mol. The molecule has 0 fully saturated rings. The second-order valence-corrected chi connectivity index (χ2v) is 2.68. The molecule has 0 aliphatic carbocycles. The summed E-state index contributed by atoms with van der Waals surface area (Å²) in [5, 5.41) is 11.5. The van der Waals surface area contributed by atoms with E-state index in [1.54, 1.807) is 0 Å². The van der Waals surface area contributed by atoms with Gasteiger partial charge in [0.2, 0.25) is 5.95 Å². The van der Waals surface area contributed by atoms with Crippen molar-refractivity contribution in [3.05, 3.63) is 17.5 Å². The van der Waals surface area contributed by atoms with Crippen molar-refractivity contribution in [1.29, 1.82) is 0 Å². The van der Waals surface area contributed by atoms with Crippen LogP contribution >= 0.6 is 0 Å². The first-order chi connectivity index (χ1) is 6.26. The number of nitrogens with two attached hydrogens (primary N) is 1.